The number of aliphatic hydroxyl groups is 1. The van der Waals surface area contributed by atoms with Gasteiger partial charge in [0.25, 0.3) is 0 Å². The number of benzene rings is 1. The van der Waals surface area contributed by atoms with Gasteiger partial charge in [-0.05, 0) is 36.6 Å². The number of hydrogen-bond acceptors (Lipinski definition) is 3. The summed E-state index contributed by atoms with van der Waals surface area (Å²) in [5.41, 5.74) is 1.48. The van der Waals surface area contributed by atoms with Crippen molar-refractivity contribution in [3.63, 3.8) is 0 Å². The summed E-state index contributed by atoms with van der Waals surface area (Å²) in [4.78, 5) is 13.6. The molecule has 1 aromatic carbocycles. The van der Waals surface area contributed by atoms with E-state index in [1.165, 1.54) is 6.08 Å². The minimum absolute atomic E-state index is 0.0805. The number of amides is 1. The van der Waals surface area contributed by atoms with Gasteiger partial charge in [-0.3, -0.25) is 4.79 Å². The van der Waals surface area contributed by atoms with Crippen LogP contribution in [0.15, 0.2) is 30.3 Å². The standard InChI is InChI=1S/C15H16N2O2/c16-10-13-5-3-12(4-6-13)7-8-15(19)17-9-1-2-14(18)11-17/h3-8,14,18H,1-2,9,11H2/b8-7-/t14-/m1/s1. The Hall–Kier alpha value is -2.12. The Morgan fingerprint density at radius 2 is 2.16 bits per heavy atom. The first kappa shape index (κ1) is 13.3. The normalized spacial score (nSPS) is 19.4. The summed E-state index contributed by atoms with van der Waals surface area (Å²) >= 11 is 0. The molecule has 1 aliphatic heterocycles. The monoisotopic (exact) mass is 256 g/mol. The van der Waals surface area contributed by atoms with E-state index in [9.17, 15) is 9.90 Å². The zero-order valence-electron chi connectivity index (χ0n) is 10.6. The van der Waals surface area contributed by atoms with Crippen LogP contribution in [-0.4, -0.2) is 35.1 Å². The van der Waals surface area contributed by atoms with Gasteiger partial charge in [0.1, 0.15) is 0 Å². The first-order chi connectivity index (χ1) is 9.19. The lowest BCUT2D eigenvalue weighted by atomic mass is 10.1. The number of likely N-dealkylation sites (tertiary alicyclic amines) is 1. The zero-order valence-corrected chi connectivity index (χ0v) is 10.6. The van der Waals surface area contributed by atoms with Crippen LogP contribution in [0.3, 0.4) is 0 Å². The second kappa shape index (κ2) is 6.17. The number of carbonyl (C=O) groups is 1. The molecule has 0 aliphatic carbocycles. The van der Waals surface area contributed by atoms with Crippen LogP contribution >= 0.6 is 0 Å². The molecule has 1 amide bonds. The van der Waals surface area contributed by atoms with Gasteiger partial charge in [0.05, 0.1) is 17.7 Å². The fourth-order valence-electron chi connectivity index (χ4n) is 2.10. The number of hydrogen-bond donors (Lipinski definition) is 1. The van der Waals surface area contributed by atoms with Gasteiger partial charge in [-0.1, -0.05) is 12.1 Å². The molecule has 1 saturated heterocycles. The van der Waals surface area contributed by atoms with E-state index >= 15 is 0 Å². The maximum Gasteiger partial charge on any atom is 0.246 e. The van der Waals surface area contributed by atoms with Crippen molar-refractivity contribution in [2.75, 3.05) is 13.1 Å². The Morgan fingerprint density at radius 1 is 1.42 bits per heavy atom. The zero-order chi connectivity index (χ0) is 13.7. The third kappa shape index (κ3) is 3.67. The maximum atomic E-state index is 11.9. The molecule has 4 heteroatoms. The maximum absolute atomic E-state index is 11.9. The topological polar surface area (TPSA) is 64.3 Å². The Morgan fingerprint density at radius 3 is 2.79 bits per heavy atom. The molecule has 1 N–H and O–H groups in total. The van der Waals surface area contributed by atoms with Crippen molar-refractivity contribution in [3.8, 4) is 6.07 Å². The van der Waals surface area contributed by atoms with Gasteiger partial charge in [-0.25, -0.2) is 0 Å². The Balaban J connectivity index is 1.97. The minimum atomic E-state index is -0.402. The number of carbonyl (C=O) groups excluding carboxylic acids is 1. The summed E-state index contributed by atoms with van der Waals surface area (Å²) in [5.74, 6) is -0.0805. The van der Waals surface area contributed by atoms with Gasteiger partial charge in [0.15, 0.2) is 0 Å². The van der Waals surface area contributed by atoms with Crippen LogP contribution in [0.5, 0.6) is 0 Å². The van der Waals surface area contributed by atoms with E-state index in [0.29, 0.717) is 18.7 Å². The summed E-state index contributed by atoms with van der Waals surface area (Å²) in [7, 11) is 0. The number of piperidine rings is 1. The lowest BCUT2D eigenvalue weighted by Gasteiger charge is -2.29. The van der Waals surface area contributed by atoms with E-state index in [0.717, 1.165) is 18.4 Å². The molecule has 19 heavy (non-hydrogen) atoms. The molecule has 1 aliphatic rings. The highest BCUT2D eigenvalue weighted by Crippen LogP contribution is 2.11. The van der Waals surface area contributed by atoms with Crippen molar-refractivity contribution in [2.45, 2.75) is 18.9 Å². The summed E-state index contributed by atoms with van der Waals surface area (Å²) in [6.07, 6.45) is 4.45. The summed E-state index contributed by atoms with van der Waals surface area (Å²) < 4.78 is 0. The molecule has 4 nitrogen and oxygen atoms in total. The summed E-state index contributed by atoms with van der Waals surface area (Å²) in [6, 6.07) is 9.08. The Kier molecular flexibility index (Phi) is 4.32. The molecular formula is C15H16N2O2. The summed E-state index contributed by atoms with van der Waals surface area (Å²) in [6.45, 7) is 1.12. The molecule has 1 heterocycles. The van der Waals surface area contributed by atoms with E-state index < -0.39 is 6.10 Å². The summed E-state index contributed by atoms with van der Waals surface area (Å²) in [5, 5.41) is 18.2. The van der Waals surface area contributed by atoms with Crippen molar-refractivity contribution in [1.29, 1.82) is 5.26 Å². The second-order valence-electron chi connectivity index (χ2n) is 4.65. The van der Waals surface area contributed by atoms with Crippen LogP contribution < -0.4 is 0 Å². The SMILES string of the molecule is N#Cc1ccc(/C=C\C(=O)N2CCC[C@@H](O)C2)cc1. The predicted molar refractivity (Wildman–Crippen MR) is 72.0 cm³/mol. The fourth-order valence-corrected chi connectivity index (χ4v) is 2.10. The van der Waals surface area contributed by atoms with Crippen molar-refractivity contribution in [3.05, 3.63) is 41.5 Å². The van der Waals surface area contributed by atoms with Gasteiger partial charge in [0, 0.05) is 19.2 Å². The van der Waals surface area contributed by atoms with Crippen LogP contribution in [0.2, 0.25) is 0 Å². The lowest BCUT2D eigenvalue weighted by molar-refractivity contribution is -0.128. The molecule has 0 saturated carbocycles. The Bertz CT molecular complexity index is 514. The Labute approximate surface area is 112 Å². The van der Waals surface area contributed by atoms with E-state index in [1.807, 2.05) is 6.07 Å². The van der Waals surface area contributed by atoms with Gasteiger partial charge < -0.3 is 10.0 Å². The highest BCUT2D eigenvalue weighted by molar-refractivity contribution is 5.91. The van der Waals surface area contributed by atoms with Crippen molar-refractivity contribution in [2.24, 2.45) is 0 Å². The quantitative estimate of drug-likeness (QED) is 0.817. The van der Waals surface area contributed by atoms with Crippen molar-refractivity contribution < 1.29 is 9.90 Å². The molecule has 98 valence electrons. The van der Waals surface area contributed by atoms with Crippen LogP contribution in [0.4, 0.5) is 0 Å². The molecule has 0 unspecified atom stereocenters. The van der Waals surface area contributed by atoms with E-state index in [1.54, 1.807) is 35.2 Å². The van der Waals surface area contributed by atoms with E-state index in [2.05, 4.69) is 0 Å². The third-order valence-corrected chi connectivity index (χ3v) is 3.17. The van der Waals surface area contributed by atoms with Crippen molar-refractivity contribution in [1.82, 2.24) is 4.90 Å². The van der Waals surface area contributed by atoms with Gasteiger partial charge in [-0.2, -0.15) is 5.26 Å². The molecular weight excluding hydrogens is 240 g/mol. The molecule has 0 aromatic heterocycles. The fraction of sp³-hybridized carbons (Fsp3) is 0.333. The highest BCUT2D eigenvalue weighted by atomic mass is 16.3. The number of nitriles is 1. The molecule has 0 radical (unpaired) electrons. The van der Waals surface area contributed by atoms with Crippen molar-refractivity contribution >= 4 is 12.0 Å². The number of nitrogens with zero attached hydrogens (tertiary/aromatic N) is 2. The minimum Gasteiger partial charge on any atom is -0.391 e. The molecule has 0 bridgehead atoms. The lowest BCUT2D eigenvalue weighted by Crippen LogP contribution is -2.41. The number of aliphatic hydroxyl groups excluding tert-OH is 1. The van der Waals surface area contributed by atoms with Crippen LogP contribution in [-0.2, 0) is 4.79 Å². The van der Waals surface area contributed by atoms with Crippen LogP contribution in [0.25, 0.3) is 6.08 Å². The smallest absolute Gasteiger partial charge is 0.246 e. The average molecular weight is 256 g/mol. The molecule has 2 rings (SSSR count). The second-order valence-corrected chi connectivity index (χ2v) is 4.65. The molecule has 0 spiro atoms. The first-order valence-electron chi connectivity index (χ1n) is 6.34. The highest BCUT2D eigenvalue weighted by Gasteiger charge is 2.20. The van der Waals surface area contributed by atoms with E-state index in [-0.39, 0.29) is 5.91 Å². The third-order valence-electron chi connectivity index (χ3n) is 3.17. The number of rotatable bonds is 2. The van der Waals surface area contributed by atoms with Crippen LogP contribution in [0.1, 0.15) is 24.0 Å². The van der Waals surface area contributed by atoms with E-state index in [4.69, 9.17) is 5.26 Å². The number of β-amino-alcohol motifs (C(OH)–C–C–N with tert-alkyl or cyclic N) is 1. The van der Waals surface area contributed by atoms with Gasteiger partial charge >= 0.3 is 0 Å². The van der Waals surface area contributed by atoms with Crippen LogP contribution in [0, 0.1) is 11.3 Å². The predicted octanol–water partition coefficient (Wildman–Crippen LogP) is 1.55. The molecule has 1 fully saturated rings. The van der Waals surface area contributed by atoms with Gasteiger partial charge in [0.2, 0.25) is 5.91 Å². The average Bonchev–Trinajstić information content (AvgIpc) is 2.45. The molecule has 1 aromatic rings. The largest absolute Gasteiger partial charge is 0.391 e. The first-order valence-corrected chi connectivity index (χ1v) is 6.34. The van der Waals surface area contributed by atoms with Gasteiger partial charge in [-0.15, -0.1) is 0 Å². The molecule has 1 atom stereocenters.